The smallest absolute Gasteiger partial charge is 0.308 e. The van der Waals surface area contributed by atoms with Crippen LogP contribution in [0.3, 0.4) is 0 Å². The molecule has 0 N–H and O–H groups in total. The van der Waals surface area contributed by atoms with Gasteiger partial charge in [0.05, 0.1) is 6.42 Å². The second kappa shape index (κ2) is 2.82. The largest absolute Gasteiger partial charge is 0.435 e. The van der Waals surface area contributed by atoms with Crippen LogP contribution in [0.25, 0.3) is 0 Å². The molecule has 1 rings (SSSR count). The van der Waals surface area contributed by atoms with Crippen LogP contribution in [-0.4, -0.2) is 18.9 Å². The third-order valence-corrected chi connectivity index (χ3v) is 1.06. The fraction of sp³-hybridized carbons (Fsp3) is 0.667. The quantitative estimate of drug-likeness (QED) is 0.509. The molecule has 0 aromatic heterocycles. The molecule has 1 unspecified atom stereocenters. The third kappa shape index (κ3) is 1.68. The van der Waals surface area contributed by atoms with E-state index in [0.717, 1.165) is 0 Å². The number of ether oxygens (including phenoxy) is 2. The fourth-order valence-electron chi connectivity index (χ4n) is 0.685. The molecule has 0 amide bonds. The summed E-state index contributed by atoms with van der Waals surface area (Å²) in [6, 6.07) is 0. The first-order chi connectivity index (χ1) is 4.33. The summed E-state index contributed by atoms with van der Waals surface area (Å²) in [5.41, 5.74) is 0. The van der Waals surface area contributed by atoms with Crippen LogP contribution in [0.5, 0.6) is 0 Å². The highest BCUT2D eigenvalue weighted by Crippen LogP contribution is 2.12. The van der Waals surface area contributed by atoms with Crippen molar-refractivity contribution in [2.75, 3.05) is 6.61 Å². The van der Waals surface area contributed by atoms with Gasteiger partial charge in [-0.3, -0.25) is 4.79 Å². The SMILES string of the molecule is CCOC1[CH]CC(=O)O1. The molecule has 1 saturated heterocycles. The van der Waals surface area contributed by atoms with E-state index in [0.29, 0.717) is 13.0 Å². The van der Waals surface area contributed by atoms with Crippen LogP contribution in [0.1, 0.15) is 13.3 Å². The topological polar surface area (TPSA) is 35.5 Å². The Hall–Kier alpha value is -0.570. The number of rotatable bonds is 2. The molecule has 9 heavy (non-hydrogen) atoms. The zero-order valence-electron chi connectivity index (χ0n) is 5.29. The summed E-state index contributed by atoms with van der Waals surface area (Å²) in [4.78, 5) is 10.4. The maximum atomic E-state index is 10.4. The number of carbonyl (C=O) groups excluding carboxylic acids is 1. The van der Waals surface area contributed by atoms with Gasteiger partial charge in [0.2, 0.25) is 6.29 Å². The van der Waals surface area contributed by atoms with E-state index in [4.69, 9.17) is 4.74 Å². The van der Waals surface area contributed by atoms with Gasteiger partial charge in [-0.05, 0) is 6.92 Å². The molecular formula is C6H9O3. The first-order valence-electron chi connectivity index (χ1n) is 2.97. The van der Waals surface area contributed by atoms with E-state index in [9.17, 15) is 4.79 Å². The first kappa shape index (κ1) is 6.55. The van der Waals surface area contributed by atoms with Crippen LogP contribution in [0.4, 0.5) is 0 Å². The lowest BCUT2D eigenvalue weighted by atomic mass is 10.3. The summed E-state index contributed by atoms with van der Waals surface area (Å²) in [6.45, 7) is 2.44. The van der Waals surface area contributed by atoms with E-state index in [1.807, 2.05) is 6.92 Å². The molecule has 0 bridgehead atoms. The Bertz CT molecular complexity index is 111. The molecule has 0 aromatic rings. The molecule has 1 radical (unpaired) electrons. The second-order valence-corrected chi connectivity index (χ2v) is 1.75. The third-order valence-electron chi connectivity index (χ3n) is 1.06. The summed E-state index contributed by atoms with van der Waals surface area (Å²) in [6.07, 6.45) is 1.71. The number of carbonyl (C=O) groups is 1. The average molecular weight is 129 g/mol. The molecule has 1 fully saturated rings. The minimum atomic E-state index is -0.387. The van der Waals surface area contributed by atoms with Gasteiger partial charge in [-0.1, -0.05) is 0 Å². The molecule has 0 aliphatic carbocycles. The predicted octanol–water partition coefficient (Wildman–Crippen LogP) is 0.500. The second-order valence-electron chi connectivity index (χ2n) is 1.75. The summed E-state index contributed by atoms with van der Waals surface area (Å²) in [7, 11) is 0. The van der Waals surface area contributed by atoms with Gasteiger partial charge in [0.1, 0.15) is 0 Å². The van der Waals surface area contributed by atoms with Gasteiger partial charge < -0.3 is 9.47 Å². The number of cyclic esters (lactones) is 1. The lowest BCUT2D eigenvalue weighted by Gasteiger charge is -2.06. The first-order valence-corrected chi connectivity index (χ1v) is 2.97. The Morgan fingerprint density at radius 1 is 2.00 bits per heavy atom. The fourth-order valence-corrected chi connectivity index (χ4v) is 0.685. The summed E-state index contributed by atoms with van der Waals surface area (Å²) < 4.78 is 9.66. The lowest BCUT2D eigenvalue weighted by molar-refractivity contribution is -0.158. The van der Waals surface area contributed by atoms with Gasteiger partial charge in [0.25, 0.3) is 0 Å². The lowest BCUT2D eigenvalue weighted by Crippen LogP contribution is -2.11. The summed E-state index contributed by atoms with van der Waals surface area (Å²) in [5, 5.41) is 0. The standard InChI is InChI=1S/C6H9O3/c1-2-8-6-4-3-5(7)9-6/h4,6H,2-3H2,1H3. The number of hydrogen-bond donors (Lipinski definition) is 0. The van der Waals surface area contributed by atoms with E-state index in [2.05, 4.69) is 4.74 Å². The Morgan fingerprint density at radius 3 is 3.22 bits per heavy atom. The predicted molar refractivity (Wildman–Crippen MR) is 30.4 cm³/mol. The normalized spacial score (nSPS) is 26.3. The minimum Gasteiger partial charge on any atom is -0.435 e. The molecule has 1 atom stereocenters. The van der Waals surface area contributed by atoms with Crippen molar-refractivity contribution in [3.63, 3.8) is 0 Å². The molecule has 1 aliphatic heterocycles. The monoisotopic (exact) mass is 129 g/mol. The molecule has 3 nitrogen and oxygen atoms in total. The van der Waals surface area contributed by atoms with Crippen molar-refractivity contribution < 1.29 is 14.3 Å². The maximum absolute atomic E-state index is 10.4. The number of esters is 1. The molecule has 0 aromatic carbocycles. The van der Waals surface area contributed by atoms with Crippen molar-refractivity contribution in [1.29, 1.82) is 0 Å². The zero-order chi connectivity index (χ0) is 6.69. The van der Waals surface area contributed by atoms with Crippen molar-refractivity contribution in [3.05, 3.63) is 6.42 Å². The summed E-state index contributed by atoms with van der Waals surface area (Å²) >= 11 is 0. The van der Waals surface area contributed by atoms with E-state index >= 15 is 0 Å². The average Bonchev–Trinajstić information content (AvgIpc) is 2.17. The highest BCUT2D eigenvalue weighted by atomic mass is 16.7. The van der Waals surface area contributed by atoms with Crippen LogP contribution in [0, 0.1) is 6.42 Å². The minimum absolute atomic E-state index is 0.201. The molecule has 0 saturated carbocycles. The number of hydrogen-bond acceptors (Lipinski definition) is 3. The van der Waals surface area contributed by atoms with E-state index in [-0.39, 0.29) is 12.3 Å². The Kier molecular flexibility index (Phi) is 2.05. The van der Waals surface area contributed by atoms with E-state index in [1.54, 1.807) is 6.42 Å². The van der Waals surface area contributed by atoms with Crippen molar-refractivity contribution in [1.82, 2.24) is 0 Å². The van der Waals surface area contributed by atoms with E-state index < -0.39 is 0 Å². The van der Waals surface area contributed by atoms with Crippen molar-refractivity contribution in [3.8, 4) is 0 Å². The highest BCUT2D eigenvalue weighted by molar-refractivity contribution is 5.73. The highest BCUT2D eigenvalue weighted by Gasteiger charge is 2.23. The maximum Gasteiger partial charge on any atom is 0.308 e. The Labute approximate surface area is 53.9 Å². The van der Waals surface area contributed by atoms with Crippen LogP contribution >= 0.6 is 0 Å². The summed E-state index contributed by atoms with van der Waals surface area (Å²) in [5.74, 6) is -0.201. The Morgan fingerprint density at radius 2 is 2.78 bits per heavy atom. The van der Waals surface area contributed by atoms with Gasteiger partial charge in [0.15, 0.2) is 0 Å². The van der Waals surface area contributed by atoms with Crippen LogP contribution in [0.15, 0.2) is 0 Å². The van der Waals surface area contributed by atoms with Crippen molar-refractivity contribution >= 4 is 5.97 Å². The van der Waals surface area contributed by atoms with Gasteiger partial charge >= 0.3 is 5.97 Å². The van der Waals surface area contributed by atoms with Gasteiger partial charge in [-0.2, -0.15) is 0 Å². The molecule has 3 heteroatoms. The van der Waals surface area contributed by atoms with Gasteiger partial charge in [-0.25, -0.2) is 0 Å². The van der Waals surface area contributed by atoms with Crippen molar-refractivity contribution in [2.45, 2.75) is 19.6 Å². The molecular weight excluding hydrogens is 120 g/mol. The molecule has 0 spiro atoms. The van der Waals surface area contributed by atoms with Gasteiger partial charge in [0, 0.05) is 13.0 Å². The van der Waals surface area contributed by atoms with Crippen LogP contribution < -0.4 is 0 Å². The molecule has 1 heterocycles. The zero-order valence-corrected chi connectivity index (χ0v) is 5.29. The van der Waals surface area contributed by atoms with Crippen LogP contribution in [-0.2, 0) is 14.3 Å². The molecule has 1 aliphatic rings. The van der Waals surface area contributed by atoms with E-state index in [1.165, 1.54) is 0 Å². The Balaban J connectivity index is 2.22. The van der Waals surface area contributed by atoms with Crippen LogP contribution in [0.2, 0.25) is 0 Å². The molecule has 51 valence electrons. The van der Waals surface area contributed by atoms with Gasteiger partial charge in [-0.15, -0.1) is 0 Å². The van der Waals surface area contributed by atoms with Crippen molar-refractivity contribution in [2.24, 2.45) is 0 Å².